The molecule has 1 atom stereocenters. The van der Waals surface area contributed by atoms with Crippen LogP contribution in [0.2, 0.25) is 5.02 Å². The summed E-state index contributed by atoms with van der Waals surface area (Å²) in [6.45, 7) is 0.351. The molecule has 0 spiro atoms. The molecule has 1 aliphatic rings. The van der Waals surface area contributed by atoms with E-state index in [0.717, 1.165) is 10.6 Å². The van der Waals surface area contributed by atoms with E-state index in [1.165, 1.54) is 25.7 Å². The summed E-state index contributed by atoms with van der Waals surface area (Å²) in [7, 11) is 1.78. The molecule has 1 amide bonds. The predicted octanol–water partition coefficient (Wildman–Crippen LogP) is 3.33. The zero-order valence-corrected chi connectivity index (χ0v) is 13.3. The Balaban J connectivity index is 0.00000200. The minimum Gasteiger partial charge on any atom is -0.348 e. The largest absolute Gasteiger partial charge is 0.348 e. The highest BCUT2D eigenvalue weighted by atomic mass is 35.5. The molecule has 0 radical (unpaired) electrons. The van der Waals surface area contributed by atoms with Crippen molar-refractivity contribution in [3.63, 3.8) is 0 Å². The fourth-order valence-corrected chi connectivity index (χ4v) is 3.05. The highest BCUT2D eigenvalue weighted by Gasteiger charge is 2.27. The maximum Gasteiger partial charge on any atom is 0.234 e. The van der Waals surface area contributed by atoms with Crippen molar-refractivity contribution in [2.24, 2.45) is 5.92 Å². The molecule has 1 aromatic rings. The number of carbonyl (C=O) groups is 1. The summed E-state index contributed by atoms with van der Waals surface area (Å²) in [6.07, 6.45) is 4.86. The van der Waals surface area contributed by atoms with Crippen molar-refractivity contribution in [1.82, 2.24) is 10.6 Å². The first-order chi connectivity index (χ1) is 9.20. The van der Waals surface area contributed by atoms with Gasteiger partial charge in [0, 0.05) is 5.02 Å². The summed E-state index contributed by atoms with van der Waals surface area (Å²) in [4.78, 5) is 11.9. The summed E-state index contributed by atoms with van der Waals surface area (Å²) in [5.41, 5.74) is 1.11. The number of nitrogens with one attached hydrogen (secondary N) is 2. The molecule has 2 N–H and O–H groups in total. The lowest BCUT2D eigenvalue weighted by atomic mass is 9.91. The van der Waals surface area contributed by atoms with Crippen LogP contribution in [0.25, 0.3) is 0 Å². The molecule has 0 saturated heterocycles. The fraction of sp³-hybridized carbons (Fsp3) is 0.533. The second kappa shape index (κ2) is 8.50. The van der Waals surface area contributed by atoms with Crippen molar-refractivity contribution < 1.29 is 4.79 Å². The summed E-state index contributed by atoms with van der Waals surface area (Å²) in [6, 6.07) is 7.91. The van der Waals surface area contributed by atoms with E-state index in [4.69, 9.17) is 11.6 Å². The summed E-state index contributed by atoms with van der Waals surface area (Å²) >= 11 is 6.07. The molecule has 3 nitrogen and oxygen atoms in total. The second-order valence-electron chi connectivity index (χ2n) is 5.18. The molecule has 1 aliphatic carbocycles. The average Bonchev–Trinajstić information content (AvgIpc) is 2.90. The lowest BCUT2D eigenvalue weighted by molar-refractivity contribution is -0.121. The molecule has 1 fully saturated rings. The topological polar surface area (TPSA) is 41.1 Å². The quantitative estimate of drug-likeness (QED) is 0.874. The number of hydrogen-bond acceptors (Lipinski definition) is 2. The number of benzene rings is 1. The van der Waals surface area contributed by atoms with Gasteiger partial charge in [0.2, 0.25) is 5.91 Å². The molecule has 1 saturated carbocycles. The predicted molar refractivity (Wildman–Crippen MR) is 85.5 cm³/mol. The Morgan fingerprint density at radius 2 is 2.10 bits per heavy atom. The van der Waals surface area contributed by atoms with Crippen LogP contribution in [-0.2, 0) is 4.79 Å². The Kier molecular flexibility index (Phi) is 7.35. The van der Waals surface area contributed by atoms with E-state index in [-0.39, 0.29) is 24.4 Å². The summed E-state index contributed by atoms with van der Waals surface area (Å²) in [5, 5.41) is 6.76. The van der Waals surface area contributed by atoms with Gasteiger partial charge in [0.1, 0.15) is 0 Å². The van der Waals surface area contributed by atoms with Gasteiger partial charge in [-0.1, -0.05) is 36.6 Å². The Hall–Kier alpha value is -0.770. The molecule has 5 heteroatoms. The van der Waals surface area contributed by atoms with Gasteiger partial charge < -0.3 is 10.6 Å². The van der Waals surface area contributed by atoms with Crippen LogP contribution >= 0.6 is 24.0 Å². The second-order valence-corrected chi connectivity index (χ2v) is 5.61. The van der Waals surface area contributed by atoms with Crippen molar-refractivity contribution in [3.8, 4) is 0 Å². The van der Waals surface area contributed by atoms with Crippen LogP contribution in [0.15, 0.2) is 24.3 Å². The van der Waals surface area contributed by atoms with Crippen molar-refractivity contribution in [2.75, 3.05) is 13.6 Å². The van der Waals surface area contributed by atoms with Gasteiger partial charge in [0.25, 0.3) is 0 Å². The third-order valence-electron chi connectivity index (χ3n) is 3.73. The van der Waals surface area contributed by atoms with Crippen molar-refractivity contribution in [2.45, 2.75) is 31.7 Å². The smallest absolute Gasteiger partial charge is 0.234 e. The van der Waals surface area contributed by atoms with Gasteiger partial charge in [0.15, 0.2) is 0 Å². The van der Waals surface area contributed by atoms with Gasteiger partial charge in [-0.15, -0.1) is 12.4 Å². The average molecular weight is 317 g/mol. The molecular formula is C15H22Cl2N2O. The maximum absolute atomic E-state index is 11.9. The molecule has 112 valence electrons. The molecular weight excluding hydrogens is 295 g/mol. The highest BCUT2D eigenvalue weighted by molar-refractivity contribution is 6.30. The molecule has 0 aromatic heterocycles. The zero-order chi connectivity index (χ0) is 13.7. The molecule has 1 aromatic carbocycles. The minimum absolute atomic E-state index is 0. The standard InChI is InChI=1S/C15H21ClN2O.ClH/c1-17-10-14(19)18-15(11-5-2-3-6-11)12-7-4-8-13(16)9-12;/h4,7-9,11,15,17H,2-3,5-6,10H2,1H3,(H,18,19);1H. The van der Waals surface area contributed by atoms with Crippen molar-refractivity contribution in [3.05, 3.63) is 34.9 Å². The molecule has 0 aliphatic heterocycles. The van der Waals surface area contributed by atoms with Gasteiger partial charge in [0.05, 0.1) is 12.6 Å². The van der Waals surface area contributed by atoms with Gasteiger partial charge in [-0.3, -0.25) is 4.79 Å². The van der Waals surface area contributed by atoms with Crippen molar-refractivity contribution >= 4 is 29.9 Å². The third kappa shape index (κ3) is 4.65. The maximum atomic E-state index is 11.9. The zero-order valence-electron chi connectivity index (χ0n) is 11.7. The Morgan fingerprint density at radius 3 is 2.70 bits per heavy atom. The van der Waals surface area contributed by atoms with Crippen LogP contribution in [0, 0.1) is 5.92 Å². The number of rotatable bonds is 5. The number of halogens is 2. The molecule has 2 rings (SSSR count). The van der Waals surface area contributed by atoms with Crippen LogP contribution in [0.5, 0.6) is 0 Å². The van der Waals surface area contributed by atoms with Crippen molar-refractivity contribution in [1.29, 1.82) is 0 Å². The summed E-state index contributed by atoms with van der Waals surface area (Å²) < 4.78 is 0. The number of carbonyl (C=O) groups excluding carboxylic acids is 1. The molecule has 1 unspecified atom stereocenters. The monoisotopic (exact) mass is 316 g/mol. The van der Waals surface area contributed by atoms with Crippen LogP contribution < -0.4 is 10.6 Å². The normalized spacial score (nSPS) is 16.5. The molecule has 0 heterocycles. The number of amides is 1. The van der Waals surface area contributed by atoms with E-state index < -0.39 is 0 Å². The van der Waals surface area contributed by atoms with Crippen LogP contribution in [0.4, 0.5) is 0 Å². The Labute approximate surface area is 131 Å². The van der Waals surface area contributed by atoms with Gasteiger partial charge in [-0.05, 0) is 43.5 Å². The number of likely N-dealkylation sites (N-methyl/N-ethyl adjacent to an activating group) is 1. The summed E-state index contributed by atoms with van der Waals surface area (Å²) in [5.74, 6) is 0.568. The minimum atomic E-state index is 0. The first kappa shape index (κ1) is 17.3. The third-order valence-corrected chi connectivity index (χ3v) is 3.97. The fourth-order valence-electron chi connectivity index (χ4n) is 2.85. The Morgan fingerprint density at radius 1 is 1.40 bits per heavy atom. The highest BCUT2D eigenvalue weighted by Crippen LogP contribution is 2.36. The lowest BCUT2D eigenvalue weighted by Crippen LogP contribution is -2.37. The van der Waals surface area contributed by atoms with Crippen LogP contribution in [0.1, 0.15) is 37.3 Å². The molecule has 0 bridgehead atoms. The first-order valence-electron chi connectivity index (χ1n) is 6.90. The van der Waals surface area contributed by atoms with E-state index in [1.54, 1.807) is 7.05 Å². The van der Waals surface area contributed by atoms with Gasteiger partial charge in [-0.2, -0.15) is 0 Å². The van der Waals surface area contributed by atoms with E-state index in [0.29, 0.717) is 12.5 Å². The SMILES string of the molecule is CNCC(=O)NC(c1cccc(Cl)c1)C1CCCC1.Cl. The lowest BCUT2D eigenvalue weighted by Gasteiger charge is -2.25. The van der Waals surface area contributed by atoms with Crippen LogP contribution in [-0.4, -0.2) is 19.5 Å². The first-order valence-corrected chi connectivity index (χ1v) is 7.28. The molecule has 20 heavy (non-hydrogen) atoms. The number of hydrogen-bond donors (Lipinski definition) is 2. The van der Waals surface area contributed by atoms with Gasteiger partial charge >= 0.3 is 0 Å². The van der Waals surface area contributed by atoms with E-state index >= 15 is 0 Å². The van der Waals surface area contributed by atoms with E-state index in [9.17, 15) is 4.79 Å². The van der Waals surface area contributed by atoms with E-state index in [2.05, 4.69) is 16.7 Å². The van der Waals surface area contributed by atoms with E-state index in [1.807, 2.05) is 18.2 Å². The van der Waals surface area contributed by atoms with Gasteiger partial charge in [-0.25, -0.2) is 0 Å². The van der Waals surface area contributed by atoms with Crippen LogP contribution in [0.3, 0.4) is 0 Å². The Bertz CT molecular complexity index is 434.